The van der Waals surface area contributed by atoms with Crippen molar-refractivity contribution in [3.8, 4) is 11.5 Å². The highest BCUT2D eigenvalue weighted by Gasteiger charge is 2.00. The summed E-state index contributed by atoms with van der Waals surface area (Å²) in [6.07, 6.45) is 0. The molecule has 1 aromatic carbocycles. The maximum atomic E-state index is 9.10. The van der Waals surface area contributed by atoms with Crippen LogP contribution in [0.1, 0.15) is 5.56 Å². The standard InChI is InChI=1S/C7H9NO2/c1-5-6(9)3-2-4-7(5)10-8/h2-4,9H,8H2,1H3. The zero-order valence-corrected chi connectivity index (χ0v) is 5.66. The third kappa shape index (κ3) is 1.04. The summed E-state index contributed by atoms with van der Waals surface area (Å²) in [5.41, 5.74) is 0.657. The van der Waals surface area contributed by atoms with Gasteiger partial charge in [-0.25, -0.2) is 0 Å². The summed E-state index contributed by atoms with van der Waals surface area (Å²) in [7, 11) is 0. The Kier molecular flexibility index (Phi) is 1.78. The largest absolute Gasteiger partial charge is 0.508 e. The number of hydrogen-bond donors (Lipinski definition) is 2. The molecule has 0 heterocycles. The molecule has 0 bridgehead atoms. The van der Waals surface area contributed by atoms with Crippen molar-refractivity contribution in [2.24, 2.45) is 5.90 Å². The molecule has 0 atom stereocenters. The first-order valence-corrected chi connectivity index (χ1v) is 2.91. The molecular formula is C7H9NO2. The SMILES string of the molecule is Cc1c(O)cccc1ON. The Morgan fingerprint density at radius 2 is 2.20 bits per heavy atom. The molecule has 10 heavy (non-hydrogen) atoms. The van der Waals surface area contributed by atoms with Crippen molar-refractivity contribution in [2.75, 3.05) is 0 Å². The van der Waals surface area contributed by atoms with E-state index in [0.29, 0.717) is 11.3 Å². The minimum Gasteiger partial charge on any atom is -0.508 e. The van der Waals surface area contributed by atoms with Crippen molar-refractivity contribution >= 4 is 0 Å². The predicted molar refractivity (Wildman–Crippen MR) is 37.7 cm³/mol. The molecule has 0 fully saturated rings. The predicted octanol–water partition coefficient (Wildman–Crippen LogP) is 0.953. The molecule has 54 valence electrons. The first kappa shape index (κ1) is 6.89. The van der Waals surface area contributed by atoms with Gasteiger partial charge in [0.2, 0.25) is 0 Å². The fraction of sp³-hybridized carbons (Fsp3) is 0.143. The molecule has 0 radical (unpaired) electrons. The van der Waals surface area contributed by atoms with Gasteiger partial charge in [0.1, 0.15) is 5.75 Å². The Balaban J connectivity index is 3.14. The number of hydrogen-bond acceptors (Lipinski definition) is 3. The number of nitrogens with two attached hydrogens (primary N) is 1. The quantitative estimate of drug-likeness (QED) is 0.569. The van der Waals surface area contributed by atoms with E-state index >= 15 is 0 Å². The molecular weight excluding hydrogens is 130 g/mol. The zero-order valence-electron chi connectivity index (χ0n) is 5.66. The summed E-state index contributed by atoms with van der Waals surface area (Å²) in [5, 5.41) is 9.10. The van der Waals surface area contributed by atoms with Crippen LogP contribution in [0.15, 0.2) is 18.2 Å². The van der Waals surface area contributed by atoms with E-state index < -0.39 is 0 Å². The molecule has 3 nitrogen and oxygen atoms in total. The molecule has 3 heteroatoms. The summed E-state index contributed by atoms with van der Waals surface area (Å²) in [5.74, 6) is 5.61. The summed E-state index contributed by atoms with van der Waals surface area (Å²) in [6.45, 7) is 1.73. The van der Waals surface area contributed by atoms with E-state index in [1.807, 2.05) is 0 Å². The molecule has 1 aromatic rings. The highest BCUT2D eigenvalue weighted by molar-refractivity contribution is 5.42. The molecule has 0 aliphatic rings. The van der Waals surface area contributed by atoms with E-state index in [1.165, 1.54) is 0 Å². The lowest BCUT2D eigenvalue weighted by Crippen LogP contribution is -2.02. The van der Waals surface area contributed by atoms with Gasteiger partial charge in [0.25, 0.3) is 0 Å². The average molecular weight is 139 g/mol. The molecule has 0 unspecified atom stereocenters. The van der Waals surface area contributed by atoms with Crippen LogP contribution in [0, 0.1) is 6.92 Å². The maximum absolute atomic E-state index is 9.10. The monoisotopic (exact) mass is 139 g/mol. The molecule has 0 aromatic heterocycles. The number of aromatic hydroxyl groups is 1. The van der Waals surface area contributed by atoms with Gasteiger partial charge in [-0.1, -0.05) is 6.07 Å². The van der Waals surface area contributed by atoms with Crippen LogP contribution in [0.2, 0.25) is 0 Å². The molecule has 1 rings (SSSR count). The molecule has 0 aliphatic carbocycles. The van der Waals surface area contributed by atoms with E-state index in [1.54, 1.807) is 25.1 Å². The van der Waals surface area contributed by atoms with Gasteiger partial charge in [0.15, 0.2) is 5.75 Å². The van der Waals surface area contributed by atoms with Gasteiger partial charge in [-0.05, 0) is 19.1 Å². The van der Waals surface area contributed by atoms with Gasteiger partial charge in [0, 0.05) is 5.56 Å². The Bertz CT molecular complexity index is 235. The number of phenolic OH excluding ortho intramolecular Hbond substituents is 1. The molecule has 0 aliphatic heterocycles. The van der Waals surface area contributed by atoms with Crippen molar-refractivity contribution in [1.29, 1.82) is 0 Å². The zero-order chi connectivity index (χ0) is 7.56. The van der Waals surface area contributed by atoms with E-state index in [9.17, 15) is 0 Å². The van der Waals surface area contributed by atoms with Crippen LogP contribution < -0.4 is 10.7 Å². The van der Waals surface area contributed by atoms with E-state index in [4.69, 9.17) is 11.0 Å². The van der Waals surface area contributed by atoms with Crippen LogP contribution in [-0.4, -0.2) is 5.11 Å². The van der Waals surface area contributed by atoms with E-state index in [-0.39, 0.29) is 5.75 Å². The lowest BCUT2D eigenvalue weighted by Gasteiger charge is -2.02. The van der Waals surface area contributed by atoms with E-state index in [0.717, 1.165) is 0 Å². The lowest BCUT2D eigenvalue weighted by atomic mass is 10.2. The van der Waals surface area contributed by atoms with Gasteiger partial charge >= 0.3 is 0 Å². The fourth-order valence-corrected chi connectivity index (χ4v) is 0.731. The van der Waals surface area contributed by atoms with Crippen molar-refractivity contribution < 1.29 is 9.94 Å². The Labute approximate surface area is 59.0 Å². The first-order chi connectivity index (χ1) is 4.75. The van der Waals surface area contributed by atoms with Crippen LogP contribution in [-0.2, 0) is 0 Å². The van der Waals surface area contributed by atoms with Crippen LogP contribution in [0.5, 0.6) is 11.5 Å². The first-order valence-electron chi connectivity index (χ1n) is 2.91. The molecule has 0 spiro atoms. The van der Waals surface area contributed by atoms with Crippen LogP contribution in [0.3, 0.4) is 0 Å². The molecule has 0 amide bonds. The number of phenols is 1. The van der Waals surface area contributed by atoms with Gasteiger partial charge in [0.05, 0.1) is 0 Å². The Morgan fingerprint density at radius 1 is 1.50 bits per heavy atom. The van der Waals surface area contributed by atoms with Crippen LogP contribution >= 0.6 is 0 Å². The van der Waals surface area contributed by atoms with Crippen LogP contribution in [0.4, 0.5) is 0 Å². The van der Waals surface area contributed by atoms with Crippen LogP contribution in [0.25, 0.3) is 0 Å². The topological polar surface area (TPSA) is 55.5 Å². The summed E-state index contributed by atoms with van der Waals surface area (Å²) < 4.78 is 0. The fourth-order valence-electron chi connectivity index (χ4n) is 0.731. The van der Waals surface area contributed by atoms with Crippen molar-refractivity contribution in [1.82, 2.24) is 0 Å². The van der Waals surface area contributed by atoms with Crippen molar-refractivity contribution in [2.45, 2.75) is 6.92 Å². The lowest BCUT2D eigenvalue weighted by molar-refractivity contribution is 0.329. The minimum atomic E-state index is 0.197. The third-order valence-electron chi connectivity index (χ3n) is 1.38. The normalized spacial score (nSPS) is 9.40. The summed E-state index contributed by atoms with van der Waals surface area (Å²) in [6, 6.07) is 4.94. The minimum absolute atomic E-state index is 0.197. The van der Waals surface area contributed by atoms with E-state index in [2.05, 4.69) is 4.84 Å². The summed E-state index contributed by atoms with van der Waals surface area (Å²) >= 11 is 0. The molecule has 0 saturated heterocycles. The second kappa shape index (κ2) is 2.58. The summed E-state index contributed by atoms with van der Waals surface area (Å²) in [4.78, 5) is 4.47. The Morgan fingerprint density at radius 3 is 2.70 bits per heavy atom. The number of benzene rings is 1. The Hall–Kier alpha value is -1.22. The molecule has 0 saturated carbocycles. The smallest absolute Gasteiger partial charge is 0.153 e. The van der Waals surface area contributed by atoms with Crippen molar-refractivity contribution in [3.05, 3.63) is 23.8 Å². The molecule has 3 N–H and O–H groups in total. The highest BCUT2D eigenvalue weighted by atomic mass is 16.6. The van der Waals surface area contributed by atoms with Gasteiger partial charge < -0.3 is 9.94 Å². The van der Waals surface area contributed by atoms with Crippen molar-refractivity contribution in [3.63, 3.8) is 0 Å². The number of rotatable bonds is 1. The van der Waals surface area contributed by atoms with Gasteiger partial charge in [-0.3, -0.25) is 0 Å². The van der Waals surface area contributed by atoms with Gasteiger partial charge in [-0.2, -0.15) is 5.90 Å². The maximum Gasteiger partial charge on any atom is 0.153 e. The second-order valence-corrected chi connectivity index (χ2v) is 2.02. The van der Waals surface area contributed by atoms with Gasteiger partial charge in [-0.15, -0.1) is 0 Å². The second-order valence-electron chi connectivity index (χ2n) is 2.02. The third-order valence-corrected chi connectivity index (χ3v) is 1.38. The highest BCUT2D eigenvalue weighted by Crippen LogP contribution is 2.24. The average Bonchev–Trinajstić information content (AvgIpc) is 1.95.